The van der Waals surface area contributed by atoms with Gasteiger partial charge in [0.2, 0.25) is 0 Å². The number of ether oxygens (including phenoxy) is 1. The third-order valence-corrected chi connectivity index (χ3v) is 4.89. The minimum absolute atomic E-state index is 0.512. The summed E-state index contributed by atoms with van der Waals surface area (Å²) in [5, 5.41) is 3.37. The van der Waals surface area contributed by atoms with E-state index in [1.807, 2.05) is 0 Å². The van der Waals surface area contributed by atoms with Crippen LogP contribution in [0.1, 0.15) is 66.2 Å². The molecule has 1 aliphatic rings. The van der Waals surface area contributed by atoms with E-state index in [0.29, 0.717) is 12.1 Å². The maximum Gasteiger partial charge on any atom is 0.0608 e. The van der Waals surface area contributed by atoms with Crippen molar-refractivity contribution in [1.82, 2.24) is 5.32 Å². The fourth-order valence-corrected chi connectivity index (χ4v) is 3.42. The van der Waals surface area contributed by atoms with Gasteiger partial charge in [-0.05, 0) is 56.9 Å². The van der Waals surface area contributed by atoms with Crippen LogP contribution in [0, 0.1) is 17.8 Å². The van der Waals surface area contributed by atoms with Crippen molar-refractivity contribution < 1.29 is 4.74 Å². The standard InChI is InChI=1S/C17H35NO/c1-6-15(18-5)8-7-11-19-17-12-14(4)9-10-16(17)13(2)3/h13-18H,6-12H2,1-5H3. The number of hydrogen-bond donors (Lipinski definition) is 1. The molecule has 19 heavy (non-hydrogen) atoms. The van der Waals surface area contributed by atoms with Gasteiger partial charge >= 0.3 is 0 Å². The van der Waals surface area contributed by atoms with Crippen molar-refractivity contribution in [2.75, 3.05) is 13.7 Å². The average Bonchev–Trinajstić information content (AvgIpc) is 2.38. The van der Waals surface area contributed by atoms with Crippen LogP contribution in [-0.2, 0) is 4.74 Å². The Balaban J connectivity index is 2.28. The lowest BCUT2D eigenvalue weighted by atomic mass is 9.75. The quantitative estimate of drug-likeness (QED) is 0.665. The van der Waals surface area contributed by atoms with E-state index in [4.69, 9.17) is 4.74 Å². The minimum Gasteiger partial charge on any atom is -0.378 e. The molecular formula is C17H35NO. The minimum atomic E-state index is 0.512. The molecule has 114 valence electrons. The second-order valence-corrected chi connectivity index (χ2v) is 6.77. The molecule has 4 atom stereocenters. The Hall–Kier alpha value is -0.0800. The van der Waals surface area contributed by atoms with E-state index >= 15 is 0 Å². The Morgan fingerprint density at radius 3 is 2.58 bits per heavy atom. The van der Waals surface area contributed by atoms with Gasteiger partial charge in [0.15, 0.2) is 0 Å². The van der Waals surface area contributed by atoms with Crippen LogP contribution < -0.4 is 5.32 Å². The van der Waals surface area contributed by atoms with Crippen molar-refractivity contribution in [3.63, 3.8) is 0 Å². The summed E-state index contributed by atoms with van der Waals surface area (Å²) in [4.78, 5) is 0. The zero-order valence-electron chi connectivity index (χ0n) is 13.7. The lowest BCUT2D eigenvalue weighted by molar-refractivity contribution is -0.0398. The summed E-state index contributed by atoms with van der Waals surface area (Å²) < 4.78 is 6.24. The highest BCUT2D eigenvalue weighted by atomic mass is 16.5. The van der Waals surface area contributed by atoms with Crippen LogP contribution in [0.5, 0.6) is 0 Å². The predicted molar refractivity (Wildman–Crippen MR) is 83.5 cm³/mol. The van der Waals surface area contributed by atoms with Crippen LogP contribution in [0.15, 0.2) is 0 Å². The normalized spacial score (nSPS) is 29.7. The van der Waals surface area contributed by atoms with Crippen LogP contribution in [0.3, 0.4) is 0 Å². The smallest absolute Gasteiger partial charge is 0.0608 e. The van der Waals surface area contributed by atoms with Gasteiger partial charge in [0.1, 0.15) is 0 Å². The topological polar surface area (TPSA) is 21.3 Å². The van der Waals surface area contributed by atoms with Gasteiger partial charge < -0.3 is 10.1 Å². The molecule has 1 N–H and O–H groups in total. The second kappa shape index (κ2) is 8.97. The first-order valence-electron chi connectivity index (χ1n) is 8.37. The van der Waals surface area contributed by atoms with Crippen LogP contribution >= 0.6 is 0 Å². The summed E-state index contributed by atoms with van der Waals surface area (Å²) in [5.74, 6) is 2.39. The van der Waals surface area contributed by atoms with Gasteiger partial charge in [-0.1, -0.05) is 34.1 Å². The molecule has 0 amide bonds. The molecule has 1 aliphatic carbocycles. The molecule has 0 aromatic carbocycles. The van der Waals surface area contributed by atoms with Crippen molar-refractivity contribution in [1.29, 1.82) is 0 Å². The van der Waals surface area contributed by atoms with Crippen LogP contribution in [0.4, 0.5) is 0 Å². The first-order valence-corrected chi connectivity index (χ1v) is 8.37. The second-order valence-electron chi connectivity index (χ2n) is 6.77. The van der Waals surface area contributed by atoms with Gasteiger partial charge in [-0.2, -0.15) is 0 Å². The number of hydrogen-bond acceptors (Lipinski definition) is 2. The lowest BCUT2D eigenvalue weighted by Crippen LogP contribution is -2.34. The van der Waals surface area contributed by atoms with Gasteiger partial charge in [0, 0.05) is 12.6 Å². The lowest BCUT2D eigenvalue weighted by Gasteiger charge is -2.37. The molecule has 2 nitrogen and oxygen atoms in total. The zero-order chi connectivity index (χ0) is 14.3. The molecule has 0 aromatic heterocycles. The van der Waals surface area contributed by atoms with Gasteiger partial charge in [0.05, 0.1) is 6.10 Å². The maximum absolute atomic E-state index is 6.24. The van der Waals surface area contributed by atoms with Gasteiger partial charge in [-0.3, -0.25) is 0 Å². The van der Waals surface area contributed by atoms with E-state index in [-0.39, 0.29) is 0 Å². The Labute approximate surface area is 120 Å². The zero-order valence-corrected chi connectivity index (χ0v) is 13.7. The highest BCUT2D eigenvalue weighted by molar-refractivity contribution is 4.81. The molecule has 1 rings (SSSR count). The monoisotopic (exact) mass is 269 g/mol. The van der Waals surface area contributed by atoms with Crippen LogP contribution in [-0.4, -0.2) is 25.8 Å². The third-order valence-electron chi connectivity index (χ3n) is 4.89. The summed E-state index contributed by atoms with van der Waals surface area (Å²) >= 11 is 0. The van der Waals surface area contributed by atoms with E-state index in [2.05, 4.69) is 40.1 Å². The predicted octanol–water partition coefficient (Wildman–Crippen LogP) is 4.24. The summed E-state index contributed by atoms with van der Waals surface area (Å²) in [6.07, 6.45) is 8.17. The molecule has 0 saturated heterocycles. The largest absolute Gasteiger partial charge is 0.378 e. The Bertz CT molecular complexity index is 225. The molecule has 0 bridgehead atoms. The van der Waals surface area contributed by atoms with Crippen molar-refractivity contribution >= 4 is 0 Å². The molecule has 0 heterocycles. The van der Waals surface area contributed by atoms with E-state index in [1.54, 1.807) is 0 Å². The van der Waals surface area contributed by atoms with Crippen molar-refractivity contribution in [2.45, 2.75) is 78.4 Å². The molecular weight excluding hydrogens is 234 g/mol. The molecule has 1 fully saturated rings. The summed E-state index contributed by atoms with van der Waals surface area (Å²) in [5.41, 5.74) is 0. The molecule has 4 unspecified atom stereocenters. The molecule has 1 saturated carbocycles. The molecule has 0 spiro atoms. The molecule has 2 heteroatoms. The Morgan fingerprint density at radius 2 is 2.00 bits per heavy atom. The molecule has 0 radical (unpaired) electrons. The van der Waals surface area contributed by atoms with Crippen LogP contribution in [0.25, 0.3) is 0 Å². The Morgan fingerprint density at radius 1 is 1.26 bits per heavy atom. The van der Waals surface area contributed by atoms with Crippen LogP contribution in [0.2, 0.25) is 0 Å². The fraction of sp³-hybridized carbons (Fsp3) is 1.00. The molecule has 0 aromatic rings. The first kappa shape index (κ1) is 17.0. The van der Waals surface area contributed by atoms with Gasteiger partial charge in [0.25, 0.3) is 0 Å². The molecule has 0 aliphatic heterocycles. The van der Waals surface area contributed by atoms with Crippen molar-refractivity contribution in [3.05, 3.63) is 0 Å². The van der Waals surface area contributed by atoms with Gasteiger partial charge in [-0.25, -0.2) is 0 Å². The van der Waals surface area contributed by atoms with Crippen molar-refractivity contribution in [3.8, 4) is 0 Å². The average molecular weight is 269 g/mol. The highest BCUT2D eigenvalue weighted by Gasteiger charge is 2.31. The Kier molecular flexibility index (Phi) is 8.01. The first-order chi connectivity index (χ1) is 9.08. The SMILES string of the molecule is CCC(CCCOC1CC(C)CCC1C(C)C)NC. The van der Waals surface area contributed by atoms with E-state index in [9.17, 15) is 0 Å². The van der Waals surface area contributed by atoms with Gasteiger partial charge in [-0.15, -0.1) is 0 Å². The number of rotatable bonds is 8. The number of nitrogens with one attached hydrogen (secondary N) is 1. The summed E-state index contributed by atoms with van der Waals surface area (Å²) in [6.45, 7) is 10.3. The summed E-state index contributed by atoms with van der Waals surface area (Å²) in [6, 6.07) is 0.662. The van der Waals surface area contributed by atoms with E-state index in [1.165, 1.54) is 38.5 Å². The van der Waals surface area contributed by atoms with Crippen molar-refractivity contribution in [2.24, 2.45) is 17.8 Å². The fourth-order valence-electron chi connectivity index (χ4n) is 3.42. The maximum atomic E-state index is 6.24. The summed E-state index contributed by atoms with van der Waals surface area (Å²) in [7, 11) is 2.06. The highest BCUT2D eigenvalue weighted by Crippen LogP contribution is 2.35. The third kappa shape index (κ3) is 5.83. The van der Waals surface area contributed by atoms with E-state index < -0.39 is 0 Å². The van der Waals surface area contributed by atoms with E-state index in [0.717, 1.165) is 24.4 Å².